The molecular formula is C13H21NO5. The van der Waals surface area contributed by atoms with Gasteiger partial charge in [-0.1, -0.05) is 0 Å². The highest BCUT2D eigenvalue weighted by atomic mass is 16.6. The van der Waals surface area contributed by atoms with Gasteiger partial charge in [0.15, 0.2) is 0 Å². The van der Waals surface area contributed by atoms with E-state index in [-0.39, 0.29) is 24.8 Å². The van der Waals surface area contributed by atoms with Gasteiger partial charge in [0, 0.05) is 13.0 Å². The minimum absolute atomic E-state index is 0.0655. The van der Waals surface area contributed by atoms with Gasteiger partial charge in [-0.15, -0.1) is 0 Å². The van der Waals surface area contributed by atoms with E-state index >= 15 is 0 Å². The lowest BCUT2D eigenvalue weighted by atomic mass is 9.96. The van der Waals surface area contributed by atoms with Gasteiger partial charge < -0.3 is 14.4 Å². The number of amides is 1. The first-order valence-electron chi connectivity index (χ1n) is 6.30. The number of ether oxygens (including phenoxy) is 2. The number of hydrogen-bond acceptors (Lipinski definition) is 5. The van der Waals surface area contributed by atoms with E-state index in [1.165, 1.54) is 12.0 Å². The number of piperidine rings is 1. The molecule has 0 bridgehead atoms. The largest absolute Gasteiger partial charge is 0.469 e. The first kappa shape index (κ1) is 15.5. The maximum atomic E-state index is 11.8. The van der Waals surface area contributed by atoms with Crippen LogP contribution in [0.15, 0.2) is 0 Å². The van der Waals surface area contributed by atoms with Crippen molar-refractivity contribution in [2.75, 3.05) is 20.2 Å². The molecule has 0 radical (unpaired) electrons. The smallest absolute Gasteiger partial charge is 0.326 e. The highest BCUT2D eigenvalue weighted by molar-refractivity contribution is 5.87. The lowest BCUT2D eigenvalue weighted by molar-refractivity contribution is -0.161. The van der Waals surface area contributed by atoms with E-state index in [0.717, 1.165) is 0 Å². The molecule has 0 spiro atoms. The third-order valence-corrected chi connectivity index (χ3v) is 2.80. The third kappa shape index (κ3) is 4.89. The van der Waals surface area contributed by atoms with Crippen LogP contribution in [-0.4, -0.2) is 48.5 Å². The van der Waals surface area contributed by atoms with Crippen molar-refractivity contribution in [1.82, 2.24) is 4.90 Å². The summed E-state index contributed by atoms with van der Waals surface area (Å²) >= 11 is 0. The quantitative estimate of drug-likeness (QED) is 0.708. The molecule has 0 N–H and O–H groups in total. The molecule has 6 heteroatoms. The van der Waals surface area contributed by atoms with Crippen molar-refractivity contribution in [2.24, 2.45) is 5.92 Å². The Morgan fingerprint density at radius 2 is 2.00 bits per heavy atom. The number of carbonyl (C=O) groups is 3. The van der Waals surface area contributed by atoms with Crippen LogP contribution in [0.2, 0.25) is 0 Å². The van der Waals surface area contributed by atoms with Crippen molar-refractivity contribution < 1.29 is 23.9 Å². The summed E-state index contributed by atoms with van der Waals surface area (Å²) in [4.78, 5) is 36.2. The number of hydrogen-bond donors (Lipinski definition) is 0. The van der Waals surface area contributed by atoms with Crippen molar-refractivity contribution >= 4 is 17.8 Å². The van der Waals surface area contributed by atoms with Gasteiger partial charge in [-0.3, -0.25) is 14.4 Å². The lowest BCUT2D eigenvalue weighted by Crippen LogP contribution is -2.44. The van der Waals surface area contributed by atoms with E-state index < -0.39 is 17.5 Å². The summed E-state index contributed by atoms with van der Waals surface area (Å²) in [6.45, 7) is 5.63. The molecule has 0 saturated carbocycles. The molecule has 1 aliphatic rings. The van der Waals surface area contributed by atoms with Crippen LogP contribution in [0.25, 0.3) is 0 Å². The fourth-order valence-electron chi connectivity index (χ4n) is 1.94. The van der Waals surface area contributed by atoms with Gasteiger partial charge in [0.1, 0.15) is 12.1 Å². The first-order valence-corrected chi connectivity index (χ1v) is 6.30. The van der Waals surface area contributed by atoms with Crippen LogP contribution in [0.5, 0.6) is 0 Å². The number of nitrogens with zero attached hydrogens (tertiary/aromatic N) is 1. The molecular weight excluding hydrogens is 250 g/mol. The second kappa shape index (κ2) is 6.04. The molecule has 0 aromatic rings. The fourth-order valence-corrected chi connectivity index (χ4v) is 1.94. The molecule has 1 aliphatic heterocycles. The summed E-state index contributed by atoms with van der Waals surface area (Å²) in [7, 11) is 1.31. The van der Waals surface area contributed by atoms with Crippen LogP contribution >= 0.6 is 0 Å². The summed E-state index contributed by atoms with van der Waals surface area (Å²) in [5, 5.41) is 0. The Labute approximate surface area is 113 Å². The Bertz CT molecular complexity index is 372. The van der Waals surface area contributed by atoms with Gasteiger partial charge in [-0.25, -0.2) is 0 Å². The predicted octanol–water partition coefficient (Wildman–Crippen LogP) is 0.740. The van der Waals surface area contributed by atoms with Crippen LogP contribution in [0.1, 0.15) is 33.6 Å². The molecule has 6 nitrogen and oxygen atoms in total. The van der Waals surface area contributed by atoms with Gasteiger partial charge in [0.2, 0.25) is 5.91 Å². The molecule has 0 aliphatic carbocycles. The summed E-state index contributed by atoms with van der Waals surface area (Å²) < 4.78 is 9.78. The zero-order chi connectivity index (χ0) is 14.6. The van der Waals surface area contributed by atoms with Crippen molar-refractivity contribution in [2.45, 2.75) is 39.2 Å². The second-order valence-electron chi connectivity index (χ2n) is 5.61. The summed E-state index contributed by atoms with van der Waals surface area (Å²) in [5.74, 6) is -1.41. The zero-order valence-electron chi connectivity index (χ0n) is 11.9. The average molecular weight is 271 g/mol. The minimum atomic E-state index is -0.565. The van der Waals surface area contributed by atoms with Crippen LogP contribution in [0.4, 0.5) is 0 Å². The van der Waals surface area contributed by atoms with Gasteiger partial charge >= 0.3 is 11.9 Å². The SMILES string of the molecule is COC(=O)C1CCN(CC(=O)OC(C)(C)C)C(=O)C1. The molecule has 1 amide bonds. The Kier molecular flexibility index (Phi) is 4.91. The van der Waals surface area contributed by atoms with Gasteiger partial charge in [0.25, 0.3) is 0 Å². The standard InChI is InChI=1S/C13H21NO5/c1-13(2,3)19-11(16)8-14-6-5-9(7-10(14)15)12(17)18-4/h9H,5-8H2,1-4H3. The predicted molar refractivity (Wildman–Crippen MR) is 67.2 cm³/mol. The van der Waals surface area contributed by atoms with E-state index in [1.807, 2.05) is 0 Å². The number of esters is 2. The van der Waals surface area contributed by atoms with Crippen LogP contribution in [0, 0.1) is 5.92 Å². The topological polar surface area (TPSA) is 72.9 Å². The molecule has 1 rings (SSSR count). The van der Waals surface area contributed by atoms with Crippen molar-refractivity contribution in [3.8, 4) is 0 Å². The molecule has 1 heterocycles. The molecule has 1 fully saturated rings. The van der Waals surface area contributed by atoms with Gasteiger partial charge in [-0.05, 0) is 27.2 Å². The van der Waals surface area contributed by atoms with Crippen molar-refractivity contribution in [1.29, 1.82) is 0 Å². The summed E-state index contributed by atoms with van der Waals surface area (Å²) in [5.41, 5.74) is -0.565. The number of likely N-dealkylation sites (tertiary alicyclic amines) is 1. The monoisotopic (exact) mass is 271 g/mol. The maximum absolute atomic E-state index is 11.8. The first-order chi connectivity index (χ1) is 8.73. The molecule has 1 saturated heterocycles. The molecule has 19 heavy (non-hydrogen) atoms. The van der Waals surface area contributed by atoms with E-state index in [9.17, 15) is 14.4 Å². The van der Waals surface area contributed by atoms with E-state index in [2.05, 4.69) is 4.74 Å². The van der Waals surface area contributed by atoms with Gasteiger partial charge in [-0.2, -0.15) is 0 Å². The van der Waals surface area contributed by atoms with E-state index in [1.54, 1.807) is 20.8 Å². The minimum Gasteiger partial charge on any atom is -0.469 e. The van der Waals surface area contributed by atoms with Crippen molar-refractivity contribution in [3.63, 3.8) is 0 Å². The maximum Gasteiger partial charge on any atom is 0.326 e. The molecule has 1 atom stereocenters. The van der Waals surface area contributed by atoms with Crippen molar-refractivity contribution in [3.05, 3.63) is 0 Å². The Hall–Kier alpha value is -1.59. The lowest BCUT2D eigenvalue weighted by Gasteiger charge is -2.30. The third-order valence-electron chi connectivity index (χ3n) is 2.80. The van der Waals surface area contributed by atoms with Gasteiger partial charge in [0.05, 0.1) is 13.0 Å². The molecule has 1 unspecified atom stereocenters. The zero-order valence-corrected chi connectivity index (χ0v) is 11.9. The average Bonchev–Trinajstić information content (AvgIpc) is 2.28. The summed E-state index contributed by atoms with van der Waals surface area (Å²) in [6, 6.07) is 0. The fraction of sp³-hybridized carbons (Fsp3) is 0.769. The number of methoxy groups -OCH3 is 1. The van der Waals surface area contributed by atoms with Crippen LogP contribution in [0.3, 0.4) is 0 Å². The molecule has 108 valence electrons. The Morgan fingerprint density at radius 3 is 2.47 bits per heavy atom. The van der Waals surface area contributed by atoms with E-state index in [0.29, 0.717) is 13.0 Å². The van der Waals surface area contributed by atoms with E-state index in [4.69, 9.17) is 4.74 Å². The molecule has 0 aromatic carbocycles. The second-order valence-corrected chi connectivity index (χ2v) is 5.61. The summed E-state index contributed by atoms with van der Waals surface area (Å²) in [6.07, 6.45) is 0.608. The number of carbonyl (C=O) groups excluding carboxylic acids is 3. The highest BCUT2D eigenvalue weighted by Crippen LogP contribution is 2.19. The Morgan fingerprint density at radius 1 is 1.37 bits per heavy atom. The number of rotatable bonds is 3. The normalized spacial score (nSPS) is 20.1. The van der Waals surface area contributed by atoms with Crippen LogP contribution in [-0.2, 0) is 23.9 Å². The highest BCUT2D eigenvalue weighted by Gasteiger charge is 2.32. The molecule has 0 aromatic heterocycles. The Balaban J connectivity index is 2.48. The van der Waals surface area contributed by atoms with Crippen LogP contribution < -0.4 is 0 Å².